The zero-order valence-electron chi connectivity index (χ0n) is 11.7. The summed E-state index contributed by atoms with van der Waals surface area (Å²) in [5, 5.41) is 7.02. The molecule has 2 fully saturated rings. The highest BCUT2D eigenvalue weighted by Crippen LogP contribution is 2.32. The number of rotatable bonds is 1. The van der Waals surface area contributed by atoms with Crippen LogP contribution in [0.3, 0.4) is 0 Å². The third-order valence-corrected chi connectivity index (χ3v) is 4.28. The van der Waals surface area contributed by atoms with Gasteiger partial charge in [0.2, 0.25) is 0 Å². The van der Waals surface area contributed by atoms with Gasteiger partial charge in [0.1, 0.15) is 5.69 Å². The summed E-state index contributed by atoms with van der Waals surface area (Å²) >= 11 is 0. The minimum absolute atomic E-state index is 0.0568. The Morgan fingerprint density at radius 3 is 2.71 bits per heavy atom. The molecule has 0 saturated carbocycles. The van der Waals surface area contributed by atoms with Gasteiger partial charge in [0, 0.05) is 31.7 Å². The molecule has 2 saturated heterocycles. The molecule has 21 heavy (non-hydrogen) atoms. The van der Waals surface area contributed by atoms with Crippen LogP contribution in [-0.4, -0.2) is 45.8 Å². The van der Waals surface area contributed by atoms with E-state index in [2.05, 4.69) is 10.4 Å². The van der Waals surface area contributed by atoms with Gasteiger partial charge >= 0.3 is 6.18 Å². The molecule has 5 nitrogen and oxygen atoms in total. The smallest absolute Gasteiger partial charge is 0.330 e. The van der Waals surface area contributed by atoms with Gasteiger partial charge in [-0.2, -0.15) is 18.3 Å². The molecule has 116 valence electrons. The van der Waals surface area contributed by atoms with Gasteiger partial charge in [-0.05, 0) is 25.8 Å². The number of nitrogens with zero attached hydrogens (tertiary/aromatic N) is 3. The van der Waals surface area contributed by atoms with Crippen molar-refractivity contribution in [3.05, 3.63) is 17.5 Å². The van der Waals surface area contributed by atoms with E-state index >= 15 is 0 Å². The van der Waals surface area contributed by atoms with E-state index in [0.29, 0.717) is 6.54 Å². The molecule has 1 N–H and O–H groups in total. The first kappa shape index (κ1) is 14.4. The molecule has 0 unspecified atom stereocenters. The lowest BCUT2D eigenvalue weighted by atomic mass is 10.1. The Kier molecular flexibility index (Phi) is 3.43. The predicted octanol–water partition coefficient (Wildman–Crippen LogP) is 1.41. The van der Waals surface area contributed by atoms with Crippen molar-refractivity contribution in [1.82, 2.24) is 20.0 Å². The van der Waals surface area contributed by atoms with Crippen LogP contribution in [0.2, 0.25) is 0 Å². The molecule has 1 amide bonds. The quantitative estimate of drug-likeness (QED) is 0.853. The second kappa shape index (κ2) is 5.01. The summed E-state index contributed by atoms with van der Waals surface area (Å²) < 4.78 is 39.1. The lowest BCUT2D eigenvalue weighted by molar-refractivity contribution is -0.143. The van der Waals surface area contributed by atoms with Crippen molar-refractivity contribution in [2.24, 2.45) is 7.05 Å². The summed E-state index contributed by atoms with van der Waals surface area (Å²) in [6.45, 7) is 1.53. The van der Waals surface area contributed by atoms with Crippen LogP contribution in [-0.2, 0) is 13.2 Å². The molecule has 3 rings (SSSR count). The van der Waals surface area contributed by atoms with E-state index in [1.807, 2.05) is 0 Å². The maximum atomic E-state index is 12.8. The Bertz CT molecular complexity index is 540. The summed E-state index contributed by atoms with van der Waals surface area (Å²) in [5.41, 5.74) is -1.02. The molecule has 2 aliphatic heterocycles. The molecule has 1 aromatic heterocycles. The molecule has 0 radical (unpaired) electrons. The lowest BCUT2D eigenvalue weighted by Crippen LogP contribution is -2.42. The summed E-state index contributed by atoms with van der Waals surface area (Å²) in [5.74, 6) is -0.391. The number of aryl methyl sites for hydroxylation is 1. The van der Waals surface area contributed by atoms with Gasteiger partial charge in [-0.1, -0.05) is 0 Å². The summed E-state index contributed by atoms with van der Waals surface area (Å²) in [6, 6.07) is 1.01. The topological polar surface area (TPSA) is 50.2 Å². The van der Waals surface area contributed by atoms with Crippen LogP contribution in [0.5, 0.6) is 0 Å². The summed E-state index contributed by atoms with van der Waals surface area (Å²) in [4.78, 5) is 14.3. The highest BCUT2D eigenvalue weighted by atomic mass is 19.4. The van der Waals surface area contributed by atoms with Crippen molar-refractivity contribution in [2.45, 2.75) is 37.5 Å². The van der Waals surface area contributed by atoms with E-state index in [-0.39, 0.29) is 17.8 Å². The largest absolute Gasteiger partial charge is 0.433 e. The second-order valence-corrected chi connectivity index (χ2v) is 5.63. The molecular formula is C13H17F3N4O. The highest BCUT2D eigenvalue weighted by molar-refractivity contribution is 5.93. The van der Waals surface area contributed by atoms with Crippen LogP contribution in [0.25, 0.3) is 0 Å². The van der Waals surface area contributed by atoms with Gasteiger partial charge in [-0.3, -0.25) is 9.48 Å². The number of hydrogen-bond acceptors (Lipinski definition) is 3. The van der Waals surface area contributed by atoms with E-state index in [0.717, 1.165) is 36.6 Å². The first-order valence-electron chi connectivity index (χ1n) is 7.02. The number of aromatic nitrogens is 2. The fourth-order valence-corrected chi connectivity index (χ4v) is 3.28. The van der Waals surface area contributed by atoms with Crippen LogP contribution in [0, 0.1) is 0 Å². The average Bonchev–Trinajstić information content (AvgIpc) is 2.87. The lowest BCUT2D eigenvalue weighted by Gasteiger charge is -2.26. The minimum atomic E-state index is -4.50. The standard InChI is InChI=1S/C13H17F3N4O/c1-19-11(13(14,15)16)6-10(18-19)12(21)20-8-2-3-9(20)7-17-5-4-8/h6,8-9,17H,2-5,7H2,1H3/t8-,9+/m1/s1. The van der Waals surface area contributed by atoms with Crippen molar-refractivity contribution in [3.8, 4) is 0 Å². The number of nitrogens with one attached hydrogen (secondary N) is 1. The molecule has 0 aliphatic carbocycles. The van der Waals surface area contributed by atoms with Gasteiger partial charge in [0.25, 0.3) is 5.91 Å². The van der Waals surface area contributed by atoms with Crippen LogP contribution in [0.4, 0.5) is 13.2 Å². The van der Waals surface area contributed by atoms with Gasteiger partial charge < -0.3 is 10.2 Å². The van der Waals surface area contributed by atoms with Gasteiger partial charge in [-0.15, -0.1) is 0 Å². The Morgan fingerprint density at radius 2 is 2.05 bits per heavy atom. The number of amides is 1. The first-order valence-corrected chi connectivity index (χ1v) is 7.02. The third-order valence-electron chi connectivity index (χ3n) is 4.28. The molecular weight excluding hydrogens is 285 g/mol. The molecule has 0 aromatic carbocycles. The number of carbonyl (C=O) groups excluding carboxylic acids is 1. The van der Waals surface area contributed by atoms with Crippen molar-refractivity contribution in [1.29, 1.82) is 0 Å². The van der Waals surface area contributed by atoms with Crippen LogP contribution < -0.4 is 5.32 Å². The minimum Gasteiger partial charge on any atom is -0.330 e. The first-order chi connectivity index (χ1) is 9.88. The number of carbonyl (C=O) groups is 1. The fraction of sp³-hybridized carbons (Fsp3) is 0.692. The van der Waals surface area contributed by atoms with E-state index in [1.54, 1.807) is 4.90 Å². The maximum Gasteiger partial charge on any atom is 0.433 e. The van der Waals surface area contributed by atoms with Crippen molar-refractivity contribution >= 4 is 5.91 Å². The highest BCUT2D eigenvalue weighted by Gasteiger charge is 2.41. The monoisotopic (exact) mass is 302 g/mol. The van der Waals surface area contributed by atoms with E-state index in [1.165, 1.54) is 7.05 Å². The molecule has 1 aromatic rings. The molecule has 2 atom stereocenters. The SMILES string of the molecule is Cn1nc(C(=O)N2[C@H]3CCNC[C@@H]2CC3)cc1C(F)(F)F. The van der Waals surface area contributed by atoms with Gasteiger partial charge in [0.15, 0.2) is 5.69 Å². The van der Waals surface area contributed by atoms with Crippen molar-refractivity contribution in [2.75, 3.05) is 13.1 Å². The number of alkyl halides is 3. The predicted molar refractivity (Wildman–Crippen MR) is 68.7 cm³/mol. The molecule has 2 aliphatic rings. The van der Waals surface area contributed by atoms with Gasteiger partial charge in [0.05, 0.1) is 0 Å². The maximum absolute atomic E-state index is 12.8. The van der Waals surface area contributed by atoms with Gasteiger partial charge in [-0.25, -0.2) is 0 Å². The fourth-order valence-electron chi connectivity index (χ4n) is 3.28. The van der Waals surface area contributed by atoms with Crippen molar-refractivity contribution in [3.63, 3.8) is 0 Å². The number of fused-ring (bicyclic) bond motifs is 2. The molecule has 3 heterocycles. The zero-order valence-corrected chi connectivity index (χ0v) is 11.7. The Balaban J connectivity index is 1.89. The summed E-state index contributed by atoms with van der Waals surface area (Å²) in [7, 11) is 1.21. The van der Waals surface area contributed by atoms with Crippen LogP contribution >= 0.6 is 0 Å². The van der Waals surface area contributed by atoms with E-state index < -0.39 is 17.8 Å². The van der Waals surface area contributed by atoms with Crippen LogP contribution in [0.1, 0.15) is 35.4 Å². The number of hydrogen-bond donors (Lipinski definition) is 1. The Hall–Kier alpha value is -1.57. The third kappa shape index (κ3) is 2.52. The summed E-state index contributed by atoms with van der Waals surface area (Å²) in [6.07, 6.45) is -1.86. The van der Waals surface area contributed by atoms with Crippen LogP contribution in [0.15, 0.2) is 6.07 Å². The molecule has 2 bridgehead atoms. The van der Waals surface area contributed by atoms with E-state index in [4.69, 9.17) is 0 Å². The molecule has 0 spiro atoms. The van der Waals surface area contributed by atoms with Crippen molar-refractivity contribution < 1.29 is 18.0 Å². The number of halogens is 3. The Morgan fingerprint density at radius 1 is 1.33 bits per heavy atom. The van der Waals surface area contributed by atoms with E-state index in [9.17, 15) is 18.0 Å². The zero-order chi connectivity index (χ0) is 15.2. The Labute approximate surface area is 120 Å². The average molecular weight is 302 g/mol. The second-order valence-electron chi connectivity index (χ2n) is 5.63. The molecule has 8 heteroatoms. The normalized spacial score (nSPS) is 26.0.